The van der Waals surface area contributed by atoms with Gasteiger partial charge < -0.3 is 10.8 Å². The lowest BCUT2D eigenvalue weighted by molar-refractivity contribution is -0.146. The molecule has 0 bridgehead atoms. The van der Waals surface area contributed by atoms with E-state index in [1.165, 1.54) is 0 Å². The summed E-state index contributed by atoms with van der Waals surface area (Å²) < 4.78 is 0. The van der Waals surface area contributed by atoms with Crippen LogP contribution in [0.2, 0.25) is 0 Å². The zero-order chi connectivity index (χ0) is 16.3. The highest BCUT2D eigenvalue weighted by Gasteiger charge is 2.40. The first-order valence-corrected chi connectivity index (χ1v) is 6.96. The lowest BCUT2D eigenvalue weighted by Gasteiger charge is -2.32. The maximum absolute atomic E-state index is 11.8. The second-order valence-corrected chi connectivity index (χ2v) is 6.37. The first kappa shape index (κ1) is 15.9. The van der Waals surface area contributed by atoms with Gasteiger partial charge in [0.2, 0.25) is 0 Å². The summed E-state index contributed by atoms with van der Waals surface area (Å²) in [4.78, 5) is 15.9. The predicted molar refractivity (Wildman–Crippen MR) is 79.9 cm³/mol. The number of nitrogen functional groups attached to an aromatic ring is 1. The number of hydrogen-bond donors (Lipinski definition) is 3. The van der Waals surface area contributed by atoms with Crippen molar-refractivity contribution in [3.63, 3.8) is 0 Å². The minimum atomic E-state index is -0.877. The van der Waals surface area contributed by atoms with Gasteiger partial charge in [0.15, 0.2) is 5.82 Å². The molecular formula is C14H20N6O2. The lowest BCUT2D eigenvalue weighted by atomic mass is 9.71. The summed E-state index contributed by atoms with van der Waals surface area (Å²) in [5.41, 5.74) is 6.01. The summed E-state index contributed by atoms with van der Waals surface area (Å²) in [5, 5.41) is 23.4. The molecule has 1 unspecified atom stereocenters. The molecule has 0 radical (unpaired) electrons. The molecule has 2 aromatic rings. The number of nitrogens with one attached hydrogen (secondary N) is 1. The molecule has 0 aliphatic rings. The zero-order valence-electron chi connectivity index (χ0n) is 12.8. The number of carbonyl (C=O) groups is 1. The van der Waals surface area contributed by atoms with E-state index in [1.807, 2.05) is 26.8 Å². The molecule has 2 atom stereocenters. The fraction of sp³-hybridized carbons (Fsp3) is 0.500. The number of pyridine rings is 1. The van der Waals surface area contributed by atoms with Crippen molar-refractivity contribution in [3.8, 4) is 0 Å². The second-order valence-electron chi connectivity index (χ2n) is 6.37. The number of H-pyrrole nitrogens is 1. The van der Waals surface area contributed by atoms with Gasteiger partial charge >= 0.3 is 5.97 Å². The minimum absolute atomic E-state index is 0.391. The van der Waals surface area contributed by atoms with Crippen molar-refractivity contribution >= 4 is 11.8 Å². The number of hydrogen-bond acceptors (Lipinski definition) is 6. The van der Waals surface area contributed by atoms with Gasteiger partial charge in [-0.3, -0.25) is 4.79 Å². The van der Waals surface area contributed by atoms with Crippen LogP contribution in [0.15, 0.2) is 18.3 Å². The minimum Gasteiger partial charge on any atom is -0.481 e. The van der Waals surface area contributed by atoms with E-state index in [1.54, 1.807) is 12.3 Å². The maximum Gasteiger partial charge on any atom is 0.307 e. The van der Waals surface area contributed by atoms with Crippen LogP contribution in [0.3, 0.4) is 0 Å². The van der Waals surface area contributed by atoms with E-state index in [-0.39, 0.29) is 0 Å². The average Bonchev–Trinajstić information content (AvgIpc) is 2.92. The van der Waals surface area contributed by atoms with Crippen molar-refractivity contribution in [2.45, 2.75) is 33.1 Å². The molecule has 0 spiro atoms. The summed E-state index contributed by atoms with van der Waals surface area (Å²) in [7, 11) is 0. The zero-order valence-corrected chi connectivity index (χ0v) is 12.8. The number of carboxylic acid groups (broad SMARTS) is 1. The Bertz CT molecular complexity index is 618. The number of anilines is 1. The molecule has 2 aromatic heterocycles. The Hall–Kier alpha value is -2.51. The molecule has 8 nitrogen and oxygen atoms in total. The fourth-order valence-electron chi connectivity index (χ4n) is 2.65. The van der Waals surface area contributed by atoms with Crippen LogP contribution in [0, 0.1) is 11.3 Å². The van der Waals surface area contributed by atoms with Crippen LogP contribution in [-0.2, 0) is 11.2 Å². The molecule has 0 saturated heterocycles. The lowest BCUT2D eigenvalue weighted by Crippen LogP contribution is -2.35. The molecule has 2 heterocycles. The normalized spacial score (nSPS) is 14.5. The molecule has 0 saturated carbocycles. The standard InChI is InChI=1S/C14H20N6O2/c1-14(2,3)11(13(21)22)9(12-17-19-20-18-12)6-8-4-5-10(15)16-7-8/h4-5,7,9,11H,6H2,1-3H3,(H2,15,16)(H,21,22)(H,17,18,19,20)/t9?,11-/m0/s1. The monoisotopic (exact) mass is 304 g/mol. The molecule has 0 aromatic carbocycles. The Morgan fingerprint density at radius 3 is 2.59 bits per heavy atom. The van der Waals surface area contributed by atoms with Gasteiger partial charge in [0.1, 0.15) is 5.82 Å². The van der Waals surface area contributed by atoms with E-state index in [2.05, 4.69) is 25.6 Å². The summed E-state index contributed by atoms with van der Waals surface area (Å²) in [6.45, 7) is 5.68. The van der Waals surface area contributed by atoms with Crippen LogP contribution in [0.25, 0.3) is 0 Å². The van der Waals surface area contributed by atoms with Crippen molar-refractivity contribution in [1.29, 1.82) is 0 Å². The average molecular weight is 304 g/mol. The van der Waals surface area contributed by atoms with Crippen LogP contribution in [0.1, 0.15) is 38.1 Å². The number of rotatable bonds is 5. The van der Waals surface area contributed by atoms with Gasteiger partial charge in [-0.25, -0.2) is 10.1 Å². The quantitative estimate of drug-likeness (QED) is 0.757. The Kier molecular flexibility index (Phi) is 4.39. The first-order valence-electron chi connectivity index (χ1n) is 6.96. The largest absolute Gasteiger partial charge is 0.481 e. The van der Waals surface area contributed by atoms with E-state index in [0.29, 0.717) is 18.1 Å². The van der Waals surface area contributed by atoms with Crippen LogP contribution in [0.5, 0.6) is 0 Å². The van der Waals surface area contributed by atoms with Crippen molar-refractivity contribution in [2.24, 2.45) is 11.3 Å². The van der Waals surface area contributed by atoms with E-state index < -0.39 is 23.2 Å². The Morgan fingerprint density at radius 1 is 1.41 bits per heavy atom. The smallest absolute Gasteiger partial charge is 0.307 e. The van der Waals surface area contributed by atoms with Gasteiger partial charge in [0.25, 0.3) is 0 Å². The van der Waals surface area contributed by atoms with E-state index in [4.69, 9.17) is 5.73 Å². The van der Waals surface area contributed by atoms with Gasteiger partial charge in [-0.05, 0) is 33.9 Å². The molecule has 0 aliphatic heterocycles. The van der Waals surface area contributed by atoms with Crippen molar-refractivity contribution in [2.75, 3.05) is 5.73 Å². The van der Waals surface area contributed by atoms with Gasteiger partial charge in [0, 0.05) is 12.1 Å². The Balaban J connectivity index is 2.38. The molecular weight excluding hydrogens is 284 g/mol. The molecule has 8 heteroatoms. The molecule has 22 heavy (non-hydrogen) atoms. The third-order valence-corrected chi connectivity index (χ3v) is 3.62. The number of nitrogens with two attached hydrogens (primary N) is 1. The third-order valence-electron chi connectivity index (χ3n) is 3.62. The number of nitrogens with zero attached hydrogens (tertiary/aromatic N) is 4. The van der Waals surface area contributed by atoms with Crippen molar-refractivity contribution in [1.82, 2.24) is 25.6 Å². The maximum atomic E-state index is 11.8. The van der Waals surface area contributed by atoms with Gasteiger partial charge in [-0.15, -0.1) is 5.10 Å². The number of aliphatic carboxylic acids is 1. The van der Waals surface area contributed by atoms with Gasteiger partial charge in [0.05, 0.1) is 5.92 Å². The Morgan fingerprint density at radius 2 is 2.14 bits per heavy atom. The van der Waals surface area contributed by atoms with Crippen LogP contribution in [-0.4, -0.2) is 36.7 Å². The van der Waals surface area contributed by atoms with E-state index in [9.17, 15) is 9.90 Å². The van der Waals surface area contributed by atoms with Crippen molar-refractivity contribution in [3.05, 3.63) is 29.7 Å². The van der Waals surface area contributed by atoms with Gasteiger partial charge in [-0.2, -0.15) is 0 Å². The molecule has 0 amide bonds. The van der Waals surface area contributed by atoms with Crippen LogP contribution < -0.4 is 5.73 Å². The topological polar surface area (TPSA) is 131 Å². The van der Waals surface area contributed by atoms with Crippen LogP contribution >= 0.6 is 0 Å². The highest BCUT2D eigenvalue weighted by Crippen LogP contribution is 2.38. The molecule has 4 N–H and O–H groups in total. The first-order chi connectivity index (χ1) is 10.3. The number of aromatic amines is 1. The summed E-state index contributed by atoms with van der Waals surface area (Å²) in [5.74, 6) is -1.04. The number of tetrazole rings is 1. The van der Waals surface area contributed by atoms with Gasteiger partial charge in [-0.1, -0.05) is 26.8 Å². The molecule has 0 fully saturated rings. The summed E-state index contributed by atoms with van der Waals surface area (Å²) in [6, 6.07) is 3.53. The van der Waals surface area contributed by atoms with Crippen LogP contribution in [0.4, 0.5) is 5.82 Å². The SMILES string of the molecule is CC(C)(C)[C@H](C(=O)O)C(Cc1ccc(N)nc1)c1nnn[nH]1. The second kappa shape index (κ2) is 6.08. The number of carboxylic acids is 1. The summed E-state index contributed by atoms with van der Waals surface area (Å²) >= 11 is 0. The van der Waals surface area contributed by atoms with E-state index in [0.717, 1.165) is 5.56 Å². The third kappa shape index (κ3) is 3.57. The highest BCUT2D eigenvalue weighted by molar-refractivity contribution is 5.72. The fourth-order valence-corrected chi connectivity index (χ4v) is 2.65. The molecule has 2 rings (SSSR count). The molecule has 0 aliphatic carbocycles. The highest BCUT2D eigenvalue weighted by atomic mass is 16.4. The summed E-state index contributed by atoms with van der Waals surface area (Å²) in [6.07, 6.45) is 2.10. The molecule has 118 valence electrons. The Labute approximate surface area is 128 Å². The predicted octanol–water partition coefficient (Wildman–Crippen LogP) is 1.25. The van der Waals surface area contributed by atoms with E-state index >= 15 is 0 Å². The number of aromatic nitrogens is 5. The van der Waals surface area contributed by atoms with Crippen molar-refractivity contribution < 1.29 is 9.90 Å².